The minimum Gasteiger partial charge on any atom is -0.274 e. The molecule has 0 radical (unpaired) electrons. The number of fused-ring (bicyclic) bond motifs is 2. The molecule has 0 N–H and O–H groups in total. The second kappa shape index (κ2) is 4.51. The quantitative estimate of drug-likeness (QED) is 0.601. The van der Waals surface area contributed by atoms with Crippen molar-refractivity contribution in [3.63, 3.8) is 0 Å². The van der Waals surface area contributed by atoms with Crippen molar-refractivity contribution in [1.29, 1.82) is 0 Å². The number of imide groups is 1. The molecule has 4 atom stereocenters. The zero-order valence-corrected chi connectivity index (χ0v) is 12.6. The smallest absolute Gasteiger partial charge is 0.238 e. The van der Waals surface area contributed by atoms with Gasteiger partial charge in [-0.1, -0.05) is 30.4 Å². The fourth-order valence-electron chi connectivity index (χ4n) is 4.58. The van der Waals surface area contributed by atoms with E-state index in [-0.39, 0.29) is 35.5 Å². The first kappa shape index (κ1) is 13.0. The highest BCUT2D eigenvalue weighted by Gasteiger charge is 2.57. The number of para-hydroxylation sites is 1. The second-order valence-corrected chi connectivity index (χ2v) is 6.71. The van der Waals surface area contributed by atoms with Crippen molar-refractivity contribution in [3.05, 3.63) is 48.7 Å². The molecule has 1 aliphatic heterocycles. The number of carbonyl (C=O) groups is 2. The lowest BCUT2D eigenvalue weighted by Gasteiger charge is -2.38. The Bertz CT molecular complexity index is 835. The zero-order valence-electron chi connectivity index (χ0n) is 12.6. The number of aromatic nitrogens is 1. The van der Waals surface area contributed by atoms with Gasteiger partial charge in [-0.15, -0.1) is 0 Å². The van der Waals surface area contributed by atoms with Crippen molar-refractivity contribution in [1.82, 2.24) is 4.98 Å². The highest BCUT2D eigenvalue weighted by Crippen LogP contribution is 2.50. The number of amides is 2. The van der Waals surface area contributed by atoms with Crippen molar-refractivity contribution in [2.24, 2.45) is 23.7 Å². The second-order valence-electron chi connectivity index (χ2n) is 6.71. The number of nitrogens with zero attached hydrogens (tertiary/aromatic N) is 2. The van der Waals surface area contributed by atoms with Gasteiger partial charge in [0.05, 0.1) is 23.0 Å². The Morgan fingerprint density at radius 3 is 2.22 bits per heavy atom. The fourth-order valence-corrected chi connectivity index (χ4v) is 4.58. The van der Waals surface area contributed by atoms with E-state index in [9.17, 15) is 9.59 Å². The predicted molar refractivity (Wildman–Crippen MR) is 86.6 cm³/mol. The lowest BCUT2D eigenvalue weighted by Crippen LogP contribution is -2.38. The molecule has 4 unspecified atom stereocenters. The Kier molecular flexibility index (Phi) is 2.55. The molecule has 2 bridgehead atoms. The van der Waals surface area contributed by atoms with E-state index >= 15 is 0 Å². The standard InChI is InChI=1S/C19H16N2O2/c22-18-15-11-6-7-12(9-8-11)16(15)19(23)21(18)14-5-1-3-13-4-2-10-20-17(13)14/h1-7,10-12,15-16H,8-9H2. The molecular formula is C19H16N2O2. The van der Waals surface area contributed by atoms with E-state index < -0.39 is 0 Å². The molecule has 1 aromatic carbocycles. The molecule has 114 valence electrons. The molecule has 1 aromatic heterocycles. The van der Waals surface area contributed by atoms with Gasteiger partial charge in [-0.05, 0) is 36.8 Å². The number of rotatable bonds is 1. The van der Waals surface area contributed by atoms with Crippen LogP contribution in [0.25, 0.3) is 10.9 Å². The topological polar surface area (TPSA) is 50.3 Å². The molecule has 4 aliphatic rings. The number of anilines is 1. The molecule has 1 saturated heterocycles. The van der Waals surface area contributed by atoms with Crippen LogP contribution >= 0.6 is 0 Å². The van der Waals surface area contributed by atoms with E-state index in [1.165, 1.54) is 4.90 Å². The van der Waals surface area contributed by atoms with Crippen LogP contribution < -0.4 is 4.90 Å². The van der Waals surface area contributed by atoms with Gasteiger partial charge in [0, 0.05) is 11.6 Å². The van der Waals surface area contributed by atoms with Crippen LogP contribution in [0.3, 0.4) is 0 Å². The minimum atomic E-state index is -0.176. The minimum absolute atomic E-state index is 0.0443. The summed E-state index contributed by atoms with van der Waals surface area (Å²) in [6, 6.07) is 9.49. The third-order valence-corrected chi connectivity index (χ3v) is 5.61. The van der Waals surface area contributed by atoms with Crippen molar-refractivity contribution in [2.45, 2.75) is 12.8 Å². The van der Waals surface area contributed by atoms with Gasteiger partial charge >= 0.3 is 0 Å². The van der Waals surface area contributed by atoms with Gasteiger partial charge in [-0.3, -0.25) is 14.6 Å². The SMILES string of the molecule is O=C1C2C3C=CC(CC3)C2C(=O)N1c1cccc2cccnc12. The molecule has 1 saturated carbocycles. The van der Waals surface area contributed by atoms with Gasteiger partial charge in [-0.25, -0.2) is 4.90 Å². The maximum atomic E-state index is 13.0. The molecule has 2 heterocycles. The van der Waals surface area contributed by atoms with Crippen molar-refractivity contribution < 1.29 is 9.59 Å². The van der Waals surface area contributed by atoms with Gasteiger partial charge in [0.25, 0.3) is 0 Å². The summed E-state index contributed by atoms with van der Waals surface area (Å²) < 4.78 is 0. The van der Waals surface area contributed by atoms with E-state index in [2.05, 4.69) is 17.1 Å². The number of benzene rings is 1. The Morgan fingerprint density at radius 2 is 1.57 bits per heavy atom. The Morgan fingerprint density at radius 1 is 0.913 bits per heavy atom. The number of allylic oxidation sites excluding steroid dienone is 2. The maximum absolute atomic E-state index is 13.0. The third kappa shape index (κ3) is 1.63. The maximum Gasteiger partial charge on any atom is 0.238 e. The summed E-state index contributed by atoms with van der Waals surface area (Å²) in [5.74, 6) is -0.00591. The molecule has 2 aromatic rings. The molecule has 2 fully saturated rings. The number of hydrogen-bond acceptors (Lipinski definition) is 3. The number of carbonyl (C=O) groups excluding carboxylic acids is 2. The molecule has 4 nitrogen and oxygen atoms in total. The summed E-state index contributed by atoms with van der Waals surface area (Å²) in [6.07, 6.45) is 8.03. The van der Waals surface area contributed by atoms with Crippen LogP contribution in [0.5, 0.6) is 0 Å². The lowest BCUT2D eigenvalue weighted by molar-refractivity contribution is -0.124. The molecule has 3 aliphatic carbocycles. The van der Waals surface area contributed by atoms with Crippen LogP contribution in [0, 0.1) is 23.7 Å². The fraction of sp³-hybridized carbons (Fsp3) is 0.316. The Hall–Kier alpha value is -2.49. The van der Waals surface area contributed by atoms with Crippen LogP contribution in [-0.2, 0) is 9.59 Å². The normalized spacial score (nSPS) is 31.9. The Balaban J connectivity index is 1.67. The molecule has 0 spiro atoms. The van der Waals surface area contributed by atoms with E-state index in [1.54, 1.807) is 6.20 Å². The highest BCUT2D eigenvalue weighted by molar-refractivity contribution is 6.25. The first-order chi connectivity index (χ1) is 11.3. The lowest BCUT2D eigenvalue weighted by atomic mass is 9.63. The summed E-state index contributed by atoms with van der Waals surface area (Å²) >= 11 is 0. The van der Waals surface area contributed by atoms with Gasteiger partial charge in [-0.2, -0.15) is 0 Å². The van der Waals surface area contributed by atoms with Gasteiger partial charge in [0.2, 0.25) is 11.8 Å². The summed E-state index contributed by atoms with van der Waals surface area (Å²) in [5.41, 5.74) is 1.35. The molecule has 23 heavy (non-hydrogen) atoms. The summed E-state index contributed by atoms with van der Waals surface area (Å²) in [5, 5.41) is 0.946. The van der Waals surface area contributed by atoms with Crippen LogP contribution in [-0.4, -0.2) is 16.8 Å². The van der Waals surface area contributed by atoms with E-state index in [4.69, 9.17) is 0 Å². The van der Waals surface area contributed by atoms with Crippen LogP contribution in [0.1, 0.15) is 12.8 Å². The van der Waals surface area contributed by atoms with Crippen molar-refractivity contribution >= 4 is 28.4 Å². The number of pyridine rings is 1. The monoisotopic (exact) mass is 304 g/mol. The van der Waals surface area contributed by atoms with E-state index in [0.29, 0.717) is 5.69 Å². The largest absolute Gasteiger partial charge is 0.274 e. The van der Waals surface area contributed by atoms with Crippen LogP contribution in [0.15, 0.2) is 48.7 Å². The highest BCUT2D eigenvalue weighted by atomic mass is 16.2. The molecular weight excluding hydrogens is 288 g/mol. The Labute approximate surface area is 133 Å². The van der Waals surface area contributed by atoms with Gasteiger partial charge in [0.1, 0.15) is 0 Å². The van der Waals surface area contributed by atoms with Crippen LogP contribution in [0.4, 0.5) is 5.69 Å². The average molecular weight is 304 g/mol. The summed E-state index contributed by atoms with van der Waals surface area (Å²) in [6.45, 7) is 0. The van der Waals surface area contributed by atoms with E-state index in [1.807, 2.05) is 30.3 Å². The summed E-state index contributed by atoms with van der Waals surface area (Å²) in [4.78, 5) is 31.9. The number of hydrogen-bond donors (Lipinski definition) is 0. The average Bonchev–Trinajstić information content (AvgIpc) is 2.89. The first-order valence-electron chi connectivity index (χ1n) is 8.15. The summed E-state index contributed by atoms with van der Waals surface area (Å²) in [7, 11) is 0. The predicted octanol–water partition coefficient (Wildman–Crippen LogP) is 2.94. The molecule has 4 heteroatoms. The van der Waals surface area contributed by atoms with Crippen molar-refractivity contribution in [3.8, 4) is 0 Å². The van der Waals surface area contributed by atoms with Crippen LogP contribution in [0.2, 0.25) is 0 Å². The van der Waals surface area contributed by atoms with E-state index in [0.717, 1.165) is 23.7 Å². The van der Waals surface area contributed by atoms with Crippen molar-refractivity contribution in [2.75, 3.05) is 4.90 Å². The van der Waals surface area contributed by atoms with Gasteiger partial charge in [0.15, 0.2) is 0 Å². The third-order valence-electron chi connectivity index (χ3n) is 5.61. The first-order valence-corrected chi connectivity index (χ1v) is 8.15. The van der Waals surface area contributed by atoms with Gasteiger partial charge < -0.3 is 0 Å². The molecule has 6 rings (SSSR count). The molecule has 2 amide bonds. The zero-order chi connectivity index (χ0) is 15.6.